The second-order valence-electron chi connectivity index (χ2n) is 3.63. The summed E-state index contributed by atoms with van der Waals surface area (Å²) in [5, 5.41) is 8.52. The lowest BCUT2D eigenvalue weighted by atomic mass is 10.0. The molecule has 80 valence electrons. The van der Waals surface area contributed by atoms with Gasteiger partial charge in [-0.2, -0.15) is 5.26 Å². The van der Waals surface area contributed by atoms with Crippen molar-refractivity contribution >= 4 is 0 Å². The van der Waals surface area contributed by atoms with Gasteiger partial charge in [-0.05, 0) is 19.5 Å². The zero-order chi connectivity index (χ0) is 11.3. The highest BCUT2D eigenvalue weighted by molar-refractivity contribution is 5.18. The molecule has 0 unspecified atom stereocenters. The van der Waals surface area contributed by atoms with Gasteiger partial charge in [0.2, 0.25) is 0 Å². The Morgan fingerprint density at radius 2 is 2.00 bits per heavy atom. The van der Waals surface area contributed by atoms with Gasteiger partial charge in [0.05, 0.1) is 12.6 Å². The Hall–Kier alpha value is -1.40. The maximum Gasteiger partial charge on any atom is 0.140 e. The van der Waals surface area contributed by atoms with Gasteiger partial charge in [-0.3, -0.25) is 4.90 Å². The standard InChI is InChI=1S/C12H15FN2/c1-10(15(2)9-8-14)12(13)11-6-4-3-5-7-11/h3-7,10,12H,9H2,1-2H3/t10-,12+/m1/s1. The molecule has 2 nitrogen and oxygen atoms in total. The summed E-state index contributed by atoms with van der Waals surface area (Å²) < 4.78 is 14.0. The van der Waals surface area contributed by atoms with Crippen LogP contribution in [0.5, 0.6) is 0 Å². The van der Waals surface area contributed by atoms with Crippen LogP contribution in [0.25, 0.3) is 0 Å². The summed E-state index contributed by atoms with van der Waals surface area (Å²) >= 11 is 0. The molecule has 0 N–H and O–H groups in total. The van der Waals surface area contributed by atoms with Gasteiger partial charge < -0.3 is 0 Å². The van der Waals surface area contributed by atoms with Crippen molar-refractivity contribution in [3.8, 4) is 6.07 Å². The minimum atomic E-state index is -1.05. The van der Waals surface area contributed by atoms with Crippen LogP contribution < -0.4 is 0 Å². The van der Waals surface area contributed by atoms with Crippen molar-refractivity contribution in [2.75, 3.05) is 13.6 Å². The number of halogens is 1. The average molecular weight is 206 g/mol. The van der Waals surface area contributed by atoms with Crippen LogP contribution in [0.15, 0.2) is 30.3 Å². The van der Waals surface area contributed by atoms with E-state index in [-0.39, 0.29) is 12.6 Å². The van der Waals surface area contributed by atoms with Crippen molar-refractivity contribution in [2.45, 2.75) is 19.1 Å². The number of nitrogens with zero attached hydrogens (tertiary/aromatic N) is 2. The first-order valence-electron chi connectivity index (χ1n) is 4.93. The van der Waals surface area contributed by atoms with Gasteiger partial charge in [-0.1, -0.05) is 30.3 Å². The Morgan fingerprint density at radius 1 is 1.40 bits per heavy atom. The van der Waals surface area contributed by atoms with E-state index in [0.717, 1.165) is 0 Å². The minimum Gasteiger partial charge on any atom is -0.288 e. The van der Waals surface area contributed by atoms with E-state index in [4.69, 9.17) is 5.26 Å². The molecule has 0 spiro atoms. The number of benzene rings is 1. The van der Waals surface area contributed by atoms with Crippen LogP contribution >= 0.6 is 0 Å². The molecule has 0 radical (unpaired) electrons. The molecule has 0 aromatic heterocycles. The maximum absolute atomic E-state index is 14.0. The lowest BCUT2D eigenvalue weighted by Crippen LogP contribution is -2.33. The summed E-state index contributed by atoms with van der Waals surface area (Å²) in [7, 11) is 1.75. The molecule has 3 heteroatoms. The van der Waals surface area contributed by atoms with E-state index in [0.29, 0.717) is 5.56 Å². The van der Waals surface area contributed by atoms with Crippen LogP contribution in [0.2, 0.25) is 0 Å². The zero-order valence-corrected chi connectivity index (χ0v) is 9.02. The van der Waals surface area contributed by atoms with Gasteiger partial charge in [-0.15, -0.1) is 0 Å². The van der Waals surface area contributed by atoms with E-state index in [9.17, 15) is 4.39 Å². The van der Waals surface area contributed by atoms with Gasteiger partial charge in [0.25, 0.3) is 0 Å². The maximum atomic E-state index is 14.0. The Labute approximate surface area is 89.9 Å². The number of hydrogen-bond donors (Lipinski definition) is 0. The SMILES string of the molecule is C[C@H]([C@H](F)c1ccccc1)N(C)CC#N. The van der Waals surface area contributed by atoms with Crippen LogP contribution in [0.1, 0.15) is 18.7 Å². The number of alkyl halides is 1. The van der Waals surface area contributed by atoms with Crippen LogP contribution in [-0.2, 0) is 0 Å². The smallest absolute Gasteiger partial charge is 0.140 e. The third-order valence-corrected chi connectivity index (χ3v) is 2.56. The van der Waals surface area contributed by atoms with Crippen molar-refractivity contribution in [1.82, 2.24) is 4.90 Å². The average Bonchev–Trinajstić information content (AvgIpc) is 2.28. The molecular formula is C12H15FN2. The van der Waals surface area contributed by atoms with Crippen LogP contribution in [0.3, 0.4) is 0 Å². The van der Waals surface area contributed by atoms with Gasteiger partial charge in [0, 0.05) is 6.04 Å². The van der Waals surface area contributed by atoms with Crippen LogP contribution in [-0.4, -0.2) is 24.5 Å². The third kappa shape index (κ3) is 3.03. The Kier molecular flexibility index (Phi) is 4.26. The van der Waals surface area contributed by atoms with E-state index in [2.05, 4.69) is 0 Å². The van der Waals surface area contributed by atoms with Crippen molar-refractivity contribution in [3.05, 3.63) is 35.9 Å². The van der Waals surface area contributed by atoms with Gasteiger partial charge >= 0.3 is 0 Å². The second-order valence-corrected chi connectivity index (χ2v) is 3.63. The summed E-state index contributed by atoms with van der Waals surface area (Å²) in [5.41, 5.74) is 0.662. The molecule has 0 saturated carbocycles. The van der Waals surface area contributed by atoms with Crippen molar-refractivity contribution in [1.29, 1.82) is 5.26 Å². The van der Waals surface area contributed by atoms with Crippen LogP contribution in [0, 0.1) is 11.3 Å². The fraction of sp³-hybridized carbons (Fsp3) is 0.417. The molecule has 0 aliphatic carbocycles. The predicted molar refractivity (Wildman–Crippen MR) is 58.0 cm³/mol. The molecule has 0 amide bonds. The Morgan fingerprint density at radius 3 is 2.53 bits per heavy atom. The van der Waals surface area contributed by atoms with Gasteiger partial charge in [-0.25, -0.2) is 4.39 Å². The molecule has 0 bridgehead atoms. The molecule has 0 heterocycles. The largest absolute Gasteiger partial charge is 0.288 e. The predicted octanol–water partition coefficient (Wildman–Crippen LogP) is 2.54. The summed E-state index contributed by atoms with van der Waals surface area (Å²) in [6.07, 6.45) is -1.05. The Balaban J connectivity index is 2.69. The lowest BCUT2D eigenvalue weighted by molar-refractivity contribution is 0.162. The Bertz CT molecular complexity index is 331. The molecule has 15 heavy (non-hydrogen) atoms. The molecule has 0 fully saturated rings. The quantitative estimate of drug-likeness (QED) is 0.708. The lowest BCUT2D eigenvalue weighted by Gasteiger charge is -2.25. The molecule has 0 aliphatic heterocycles. The first-order valence-corrected chi connectivity index (χ1v) is 4.93. The molecule has 0 aliphatic rings. The highest BCUT2D eigenvalue weighted by Crippen LogP contribution is 2.23. The van der Waals surface area contributed by atoms with Gasteiger partial charge in [0.1, 0.15) is 6.17 Å². The van der Waals surface area contributed by atoms with Crippen LogP contribution in [0.4, 0.5) is 4.39 Å². The first-order chi connectivity index (χ1) is 7.16. The summed E-state index contributed by atoms with van der Waals surface area (Å²) in [5.74, 6) is 0. The monoisotopic (exact) mass is 206 g/mol. The van der Waals surface area contributed by atoms with E-state index in [1.165, 1.54) is 0 Å². The number of likely N-dealkylation sites (N-methyl/N-ethyl adjacent to an activating group) is 1. The third-order valence-electron chi connectivity index (χ3n) is 2.56. The van der Waals surface area contributed by atoms with Crippen molar-refractivity contribution in [2.24, 2.45) is 0 Å². The van der Waals surface area contributed by atoms with E-state index < -0.39 is 6.17 Å². The summed E-state index contributed by atoms with van der Waals surface area (Å²) in [4.78, 5) is 1.71. The first kappa shape index (κ1) is 11.7. The van der Waals surface area contributed by atoms with E-state index in [1.807, 2.05) is 24.3 Å². The number of hydrogen-bond acceptors (Lipinski definition) is 2. The minimum absolute atomic E-state index is 0.244. The zero-order valence-electron chi connectivity index (χ0n) is 9.02. The number of nitriles is 1. The molecule has 1 aromatic rings. The molecular weight excluding hydrogens is 191 g/mol. The fourth-order valence-corrected chi connectivity index (χ4v) is 1.39. The molecule has 2 atom stereocenters. The van der Waals surface area contributed by atoms with Gasteiger partial charge in [0.15, 0.2) is 0 Å². The second kappa shape index (κ2) is 5.47. The highest BCUT2D eigenvalue weighted by atomic mass is 19.1. The van der Waals surface area contributed by atoms with E-state index >= 15 is 0 Å². The molecule has 1 aromatic carbocycles. The summed E-state index contributed by atoms with van der Waals surface area (Å²) in [6.45, 7) is 2.03. The fourth-order valence-electron chi connectivity index (χ4n) is 1.39. The van der Waals surface area contributed by atoms with Crippen molar-refractivity contribution in [3.63, 3.8) is 0 Å². The number of rotatable bonds is 4. The normalized spacial score (nSPS) is 14.6. The van der Waals surface area contributed by atoms with E-state index in [1.54, 1.807) is 31.0 Å². The topological polar surface area (TPSA) is 27.0 Å². The summed E-state index contributed by atoms with van der Waals surface area (Å²) in [6, 6.07) is 10.8. The molecule has 0 saturated heterocycles. The molecule has 1 rings (SSSR count). The van der Waals surface area contributed by atoms with Crippen molar-refractivity contribution < 1.29 is 4.39 Å². The highest BCUT2D eigenvalue weighted by Gasteiger charge is 2.21.